The molecule has 0 bridgehead atoms. The maximum absolute atomic E-state index is 12.4. The van der Waals surface area contributed by atoms with Crippen molar-refractivity contribution in [2.75, 3.05) is 38.5 Å². The minimum absolute atomic E-state index is 0. The number of nitrogens with one attached hydrogen (secondary N) is 3. The van der Waals surface area contributed by atoms with Gasteiger partial charge in [0.25, 0.3) is 0 Å². The van der Waals surface area contributed by atoms with Crippen molar-refractivity contribution in [2.45, 2.75) is 47.2 Å². The van der Waals surface area contributed by atoms with E-state index in [1.54, 1.807) is 4.90 Å². The lowest BCUT2D eigenvalue weighted by molar-refractivity contribution is -0.131. The Kier molecular flexibility index (Phi) is 13.9. The molecule has 170 valence electrons. The summed E-state index contributed by atoms with van der Waals surface area (Å²) >= 11 is 0. The molecule has 0 aliphatic rings. The topological polar surface area (TPSA) is 89.1 Å². The number of carbonyl (C=O) groups is 2. The molecular weight excluding hydrogens is 495 g/mol. The molecule has 9 heteroatoms. The number of amides is 3. The minimum Gasteiger partial charge on any atom is -0.357 e. The van der Waals surface area contributed by atoms with Crippen molar-refractivity contribution in [1.82, 2.24) is 20.4 Å². The lowest BCUT2D eigenvalue weighted by atomic mass is 10.2. The maximum Gasteiger partial charge on any atom is 0.319 e. The molecular formula is C21H37IN6O2. The molecule has 3 N–H and O–H groups in total. The van der Waals surface area contributed by atoms with Gasteiger partial charge in [-0.25, -0.2) is 9.79 Å². The maximum atomic E-state index is 12.4. The number of likely N-dealkylation sites (N-methyl/N-ethyl adjacent to an activating group) is 2. The van der Waals surface area contributed by atoms with Crippen molar-refractivity contribution < 1.29 is 9.59 Å². The summed E-state index contributed by atoms with van der Waals surface area (Å²) in [6, 6.07) is 7.42. The SMILES string of the molecule is CCNC(=NCc1ccc(NC(=O)NC(C)C)cc1)N(C)CC(=O)N(CC)CC.I. The molecule has 0 aliphatic heterocycles. The molecule has 0 unspecified atom stereocenters. The number of anilines is 1. The third-order valence-corrected chi connectivity index (χ3v) is 4.23. The quantitative estimate of drug-likeness (QED) is 0.259. The second-order valence-corrected chi connectivity index (χ2v) is 7.04. The molecule has 8 nitrogen and oxygen atoms in total. The van der Waals surface area contributed by atoms with Crippen LogP contribution in [0.1, 0.15) is 40.2 Å². The van der Waals surface area contributed by atoms with Crippen LogP contribution in [-0.4, -0.2) is 67.0 Å². The summed E-state index contributed by atoms with van der Waals surface area (Å²) in [6.45, 7) is 12.7. The van der Waals surface area contributed by atoms with Crippen LogP contribution >= 0.6 is 24.0 Å². The molecule has 0 spiro atoms. The Morgan fingerprint density at radius 1 is 1.07 bits per heavy atom. The van der Waals surface area contributed by atoms with E-state index in [0.717, 1.165) is 17.8 Å². The standard InChI is InChI=1S/C21H36N6O2.HI/c1-7-22-20(26(6)15-19(28)27(8-2)9-3)23-14-17-10-12-18(13-11-17)25-21(29)24-16(4)5;/h10-13,16H,7-9,14-15H2,1-6H3,(H,22,23)(H2,24,25,29);1H. The van der Waals surface area contributed by atoms with E-state index in [1.807, 2.05) is 70.8 Å². The Labute approximate surface area is 197 Å². The van der Waals surface area contributed by atoms with E-state index in [2.05, 4.69) is 20.9 Å². The highest BCUT2D eigenvalue weighted by Gasteiger charge is 2.15. The van der Waals surface area contributed by atoms with Gasteiger partial charge < -0.3 is 25.8 Å². The lowest BCUT2D eigenvalue weighted by Gasteiger charge is -2.25. The summed E-state index contributed by atoms with van der Waals surface area (Å²) in [5, 5.41) is 8.81. The number of urea groups is 1. The number of guanidine groups is 1. The highest BCUT2D eigenvalue weighted by Crippen LogP contribution is 2.10. The second kappa shape index (κ2) is 14.9. The summed E-state index contributed by atoms with van der Waals surface area (Å²) in [6.07, 6.45) is 0. The van der Waals surface area contributed by atoms with Gasteiger partial charge in [-0.05, 0) is 52.3 Å². The number of benzene rings is 1. The fourth-order valence-electron chi connectivity index (χ4n) is 2.71. The van der Waals surface area contributed by atoms with Crippen molar-refractivity contribution in [3.63, 3.8) is 0 Å². The van der Waals surface area contributed by atoms with E-state index < -0.39 is 0 Å². The molecule has 0 saturated heterocycles. The molecule has 1 aromatic carbocycles. The van der Waals surface area contributed by atoms with Crippen LogP contribution in [0.3, 0.4) is 0 Å². The van der Waals surface area contributed by atoms with Crippen molar-refractivity contribution in [2.24, 2.45) is 4.99 Å². The van der Waals surface area contributed by atoms with Gasteiger partial charge in [0.15, 0.2) is 5.96 Å². The molecule has 0 fully saturated rings. The van der Waals surface area contributed by atoms with E-state index in [0.29, 0.717) is 25.6 Å². The molecule has 0 saturated carbocycles. The average molecular weight is 532 g/mol. The predicted octanol–water partition coefficient (Wildman–Crippen LogP) is 3.10. The van der Waals surface area contributed by atoms with Gasteiger partial charge in [-0.2, -0.15) is 0 Å². The van der Waals surface area contributed by atoms with Gasteiger partial charge in [-0.15, -0.1) is 24.0 Å². The molecule has 0 aliphatic carbocycles. The number of hydrogen-bond acceptors (Lipinski definition) is 3. The largest absolute Gasteiger partial charge is 0.357 e. The average Bonchev–Trinajstić information content (AvgIpc) is 2.66. The second-order valence-electron chi connectivity index (χ2n) is 7.04. The van der Waals surface area contributed by atoms with Crippen LogP contribution in [0.25, 0.3) is 0 Å². The summed E-state index contributed by atoms with van der Waals surface area (Å²) < 4.78 is 0. The normalized spacial score (nSPS) is 10.8. The van der Waals surface area contributed by atoms with Crippen molar-refractivity contribution in [3.05, 3.63) is 29.8 Å². The van der Waals surface area contributed by atoms with E-state index >= 15 is 0 Å². The van der Waals surface area contributed by atoms with Gasteiger partial charge in [-0.3, -0.25) is 4.79 Å². The van der Waals surface area contributed by atoms with Crippen LogP contribution in [0.5, 0.6) is 0 Å². The predicted molar refractivity (Wildman–Crippen MR) is 135 cm³/mol. The molecule has 30 heavy (non-hydrogen) atoms. The summed E-state index contributed by atoms with van der Waals surface area (Å²) in [5.41, 5.74) is 1.74. The molecule has 0 aromatic heterocycles. The van der Waals surface area contributed by atoms with Crippen molar-refractivity contribution in [1.29, 1.82) is 0 Å². The third-order valence-electron chi connectivity index (χ3n) is 4.23. The van der Waals surface area contributed by atoms with Gasteiger partial charge in [0.2, 0.25) is 5.91 Å². The molecule has 0 heterocycles. The number of rotatable bonds is 9. The highest BCUT2D eigenvalue weighted by atomic mass is 127. The lowest BCUT2D eigenvalue weighted by Crippen LogP contribution is -2.45. The van der Waals surface area contributed by atoms with Gasteiger partial charge in [-0.1, -0.05) is 12.1 Å². The Hall–Kier alpha value is -2.04. The summed E-state index contributed by atoms with van der Waals surface area (Å²) in [5.74, 6) is 0.768. The minimum atomic E-state index is -0.223. The number of hydrogen-bond donors (Lipinski definition) is 3. The van der Waals surface area contributed by atoms with Crippen LogP contribution in [0.2, 0.25) is 0 Å². The van der Waals surface area contributed by atoms with Gasteiger partial charge in [0, 0.05) is 38.4 Å². The molecule has 1 aromatic rings. The van der Waals surface area contributed by atoms with Gasteiger partial charge >= 0.3 is 6.03 Å². The number of halogens is 1. The number of aliphatic imine (C=N–C) groups is 1. The first kappa shape index (κ1) is 28.0. The Balaban J connectivity index is 0.00000841. The first-order valence-corrected chi connectivity index (χ1v) is 10.2. The van der Waals surface area contributed by atoms with E-state index in [-0.39, 0.29) is 48.5 Å². The van der Waals surface area contributed by atoms with Crippen LogP contribution in [0.4, 0.5) is 10.5 Å². The van der Waals surface area contributed by atoms with E-state index in [4.69, 9.17) is 0 Å². The van der Waals surface area contributed by atoms with Crippen LogP contribution in [0, 0.1) is 0 Å². The smallest absolute Gasteiger partial charge is 0.319 e. The zero-order valence-corrected chi connectivity index (χ0v) is 21.3. The van der Waals surface area contributed by atoms with Crippen molar-refractivity contribution >= 4 is 47.6 Å². The van der Waals surface area contributed by atoms with E-state index in [1.165, 1.54) is 0 Å². The molecule has 0 radical (unpaired) electrons. The van der Waals surface area contributed by atoms with Gasteiger partial charge in [0.05, 0.1) is 13.1 Å². The zero-order chi connectivity index (χ0) is 21.8. The molecule has 0 atom stereocenters. The van der Waals surface area contributed by atoms with E-state index in [9.17, 15) is 9.59 Å². The van der Waals surface area contributed by atoms with Crippen LogP contribution in [-0.2, 0) is 11.3 Å². The number of carbonyl (C=O) groups excluding carboxylic acids is 2. The van der Waals surface area contributed by atoms with Crippen LogP contribution in [0.15, 0.2) is 29.3 Å². The Morgan fingerprint density at radius 3 is 2.17 bits per heavy atom. The Morgan fingerprint density at radius 2 is 1.67 bits per heavy atom. The third kappa shape index (κ3) is 10.1. The highest BCUT2D eigenvalue weighted by molar-refractivity contribution is 14.0. The van der Waals surface area contributed by atoms with Crippen molar-refractivity contribution in [3.8, 4) is 0 Å². The fourth-order valence-corrected chi connectivity index (χ4v) is 2.71. The van der Waals surface area contributed by atoms with Gasteiger partial charge in [0.1, 0.15) is 0 Å². The first-order valence-electron chi connectivity index (χ1n) is 10.2. The zero-order valence-electron chi connectivity index (χ0n) is 19.0. The van der Waals surface area contributed by atoms with Crippen LogP contribution < -0.4 is 16.0 Å². The molecule has 3 amide bonds. The summed E-state index contributed by atoms with van der Waals surface area (Å²) in [4.78, 5) is 32.4. The Bertz CT molecular complexity index is 675. The monoisotopic (exact) mass is 532 g/mol. The molecule has 1 rings (SSSR count). The first-order chi connectivity index (χ1) is 13.8. The number of nitrogens with zero attached hydrogens (tertiary/aromatic N) is 3. The summed E-state index contributed by atoms with van der Waals surface area (Å²) in [7, 11) is 1.86. The fraction of sp³-hybridized carbons (Fsp3) is 0.571.